The van der Waals surface area contributed by atoms with Gasteiger partial charge in [0.25, 0.3) is 11.8 Å². The lowest BCUT2D eigenvalue weighted by Crippen LogP contribution is -2.18. The first-order chi connectivity index (χ1) is 11.6. The molecule has 0 fully saturated rings. The molecule has 126 valence electrons. The van der Waals surface area contributed by atoms with Crippen LogP contribution in [-0.2, 0) is 16.1 Å². The molecule has 0 saturated heterocycles. The molecule has 0 spiro atoms. The van der Waals surface area contributed by atoms with Crippen molar-refractivity contribution in [2.45, 2.75) is 20.5 Å². The fourth-order valence-electron chi connectivity index (χ4n) is 2.00. The zero-order valence-corrected chi connectivity index (χ0v) is 14.1. The highest BCUT2D eigenvalue weighted by Gasteiger charge is 2.10. The summed E-state index contributed by atoms with van der Waals surface area (Å²) in [6.45, 7) is 4.21. The number of ether oxygens (including phenoxy) is 2. The van der Waals surface area contributed by atoms with Gasteiger partial charge in [-0.25, -0.2) is 4.98 Å². The van der Waals surface area contributed by atoms with E-state index < -0.39 is 0 Å². The van der Waals surface area contributed by atoms with Crippen LogP contribution in [0.25, 0.3) is 10.2 Å². The number of benzene rings is 1. The Bertz CT molecular complexity index is 845. The lowest BCUT2D eigenvalue weighted by atomic mass is 10.3. The van der Waals surface area contributed by atoms with E-state index in [4.69, 9.17) is 14.0 Å². The molecular formula is C15H16N4O4S. The Labute approximate surface area is 141 Å². The van der Waals surface area contributed by atoms with Crippen molar-refractivity contribution in [3.63, 3.8) is 0 Å². The SMILES string of the molecule is CCOc1ccc2nc(NC(=O)COCc3nc(C)no3)sc2c1. The third-order valence-electron chi connectivity index (χ3n) is 2.95. The van der Waals surface area contributed by atoms with Gasteiger partial charge in [-0.3, -0.25) is 10.1 Å². The van der Waals surface area contributed by atoms with Crippen LogP contribution in [0, 0.1) is 6.92 Å². The number of aromatic nitrogens is 3. The standard InChI is InChI=1S/C15H16N4O4S/c1-3-22-10-4-5-11-12(6-10)24-15(17-11)18-13(20)7-21-8-14-16-9(2)19-23-14/h4-6H,3,7-8H2,1-2H3,(H,17,18,20). The molecule has 1 N–H and O–H groups in total. The number of fused-ring (bicyclic) bond motifs is 1. The number of hydrogen-bond acceptors (Lipinski definition) is 8. The fourth-order valence-corrected chi connectivity index (χ4v) is 2.91. The largest absolute Gasteiger partial charge is 0.494 e. The predicted molar refractivity (Wildman–Crippen MR) is 88.1 cm³/mol. The number of rotatable bonds is 7. The van der Waals surface area contributed by atoms with Crippen LogP contribution in [0.5, 0.6) is 5.75 Å². The lowest BCUT2D eigenvalue weighted by Gasteiger charge is -2.01. The van der Waals surface area contributed by atoms with Gasteiger partial charge in [-0.05, 0) is 32.0 Å². The molecule has 0 atom stereocenters. The fraction of sp³-hybridized carbons (Fsp3) is 0.333. The van der Waals surface area contributed by atoms with Crippen molar-refractivity contribution in [2.24, 2.45) is 0 Å². The van der Waals surface area contributed by atoms with Crippen LogP contribution in [0.2, 0.25) is 0 Å². The summed E-state index contributed by atoms with van der Waals surface area (Å²) in [7, 11) is 0. The van der Waals surface area contributed by atoms with E-state index in [0.29, 0.717) is 23.5 Å². The van der Waals surface area contributed by atoms with Crippen LogP contribution < -0.4 is 10.1 Å². The number of anilines is 1. The maximum absolute atomic E-state index is 11.9. The van der Waals surface area contributed by atoms with E-state index in [2.05, 4.69) is 20.4 Å². The van der Waals surface area contributed by atoms with Crippen molar-refractivity contribution in [3.05, 3.63) is 29.9 Å². The molecule has 24 heavy (non-hydrogen) atoms. The molecule has 0 aliphatic heterocycles. The molecule has 2 heterocycles. The van der Waals surface area contributed by atoms with Crippen LogP contribution in [0.4, 0.5) is 5.13 Å². The minimum Gasteiger partial charge on any atom is -0.494 e. The van der Waals surface area contributed by atoms with E-state index in [9.17, 15) is 4.79 Å². The number of nitrogens with one attached hydrogen (secondary N) is 1. The first-order valence-corrected chi connectivity index (χ1v) is 8.16. The minimum atomic E-state index is -0.296. The molecule has 9 heteroatoms. The Balaban J connectivity index is 1.54. The van der Waals surface area contributed by atoms with Gasteiger partial charge in [-0.2, -0.15) is 4.98 Å². The van der Waals surface area contributed by atoms with E-state index in [1.54, 1.807) is 6.92 Å². The van der Waals surface area contributed by atoms with Crippen molar-refractivity contribution in [2.75, 3.05) is 18.5 Å². The maximum Gasteiger partial charge on any atom is 0.252 e. The topological polar surface area (TPSA) is 99.4 Å². The molecular weight excluding hydrogens is 332 g/mol. The first-order valence-electron chi connectivity index (χ1n) is 7.34. The van der Waals surface area contributed by atoms with Gasteiger partial charge < -0.3 is 14.0 Å². The molecule has 3 rings (SSSR count). The number of hydrogen-bond donors (Lipinski definition) is 1. The monoisotopic (exact) mass is 348 g/mol. The Morgan fingerprint density at radius 3 is 3.00 bits per heavy atom. The predicted octanol–water partition coefficient (Wildman–Crippen LogP) is 2.54. The molecule has 8 nitrogen and oxygen atoms in total. The number of aryl methyl sites for hydroxylation is 1. The molecule has 0 bridgehead atoms. The molecule has 0 saturated carbocycles. The Morgan fingerprint density at radius 2 is 2.25 bits per heavy atom. The number of carbonyl (C=O) groups excluding carboxylic acids is 1. The first kappa shape index (κ1) is 16.3. The van der Waals surface area contributed by atoms with Crippen molar-refractivity contribution >= 4 is 32.6 Å². The van der Waals surface area contributed by atoms with E-state index in [-0.39, 0.29) is 19.1 Å². The molecule has 0 radical (unpaired) electrons. The van der Waals surface area contributed by atoms with Gasteiger partial charge in [0.2, 0.25) is 0 Å². The van der Waals surface area contributed by atoms with Crippen LogP contribution in [-0.4, -0.2) is 34.2 Å². The van der Waals surface area contributed by atoms with Gasteiger partial charge in [-0.1, -0.05) is 16.5 Å². The number of thiazole rings is 1. The summed E-state index contributed by atoms with van der Waals surface area (Å²) in [5, 5.41) is 6.87. The number of amides is 1. The normalized spacial score (nSPS) is 10.9. The molecule has 0 unspecified atom stereocenters. The maximum atomic E-state index is 11.9. The Hall–Kier alpha value is -2.52. The van der Waals surface area contributed by atoms with E-state index >= 15 is 0 Å². The number of carbonyl (C=O) groups is 1. The van der Waals surface area contributed by atoms with Gasteiger partial charge in [0, 0.05) is 0 Å². The zero-order valence-electron chi connectivity index (χ0n) is 13.2. The van der Waals surface area contributed by atoms with Crippen molar-refractivity contribution in [1.82, 2.24) is 15.1 Å². The average molecular weight is 348 g/mol. The lowest BCUT2D eigenvalue weighted by molar-refractivity contribution is -0.121. The molecule has 0 aliphatic carbocycles. The molecule has 3 aromatic rings. The molecule has 1 amide bonds. The van der Waals surface area contributed by atoms with Crippen LogP contribution in [0.15, 0.2) is 22.7 Å². The summed E-state index contributed by atoms with van der Waals surface area (Å²) in [6.07, 6.45) is 0. The summed E-state index contributed by atoms with van der Waals surface area (Å²) in [6, 6.07) is 5.62. The molecule has 0 aliphatic rings. The van der Waals surface area contributed by atoms with Crippen molar-refractivity contribution < 1.29 is 18.8 Å². The minimum absolute atomic E-state index is 0.0891. The Morgan fingerprint density at radius 1 is 1.38 bits per heavy atom. The van der Waals surface area contributed by atoms with Crippen molar-refractivity contribution in [3.8, 4) is 5.75 Å². The number of nitrogens with zero attached hydrogens (tertiary/aromatic N) is 3. The second-order valence-electron chi connectivity index (χ2n) is 4.86. The van der Waals surface area contributed by atoms with Gasteiger partial charge >= 0.3 is 0 Å². The smallest absolute Gasteiger partial charge is 0.252 e. The third kappa shape index (κ3) is 4.06. The van der Waals surface area contributed by atoms with Crippen LogP contribution >= 0.6 is 11.3 Å². The highest BCUT2D eigenvalue weighted by atomic mass is 32.1. The van der Waals surface area contributed by atoms with E-state index in [1.807, 2.05) is 25.1 Å². The van der Waals surface area contributed by atoms with Gasteiger partial charge in [0.05, 0.1) is 16.8 Å². The zero-order chi connectivity index (χ0) is 16.9. The molecule has 2 aromatic heterocycles. The molecule has 1 aromatic carbocycles. The second-order valence-corrected chi connectivity index (χ2v) is 5.89. The summed E-state index contributed by atoms with van der Waals surface area (Å²) < 4.78 is 16.5. The van der Waals surface area contributed by atoms with Gasteiger partial charge in [0.1, 0.15) is 19.0 Å². The summed E-state index contributed by atoms with van der Waals surface area (Å²) in [4.78, 5) is 20.2. The van der Waals surface area contributed by atoms with E-state index in [0.717, 1.165) is 16.0 Å². The second kappa shape index (κ2) is 7.37. The van der Waals surface area contributed by atoms with Gasteiger partial charge in [-0.15, -0.1) is 0 Å². The Kier molecular flexibility index (Phi) is 5.02. The quantitative estimate of drug-likeness (QED) is 0.700. The highest BCUT2D eigenvalue weighted by molar-refractivity contribution is 7.22. The highest BCUT2D eigenvalue weighted by Crippen LogP contribution is 2.29. The van der Waals surface area contributed by atoms with Crippen LogP contribution in [0.3, 0.4) is 0 Å². The summed E-state index contributed by atoms with van der Waals surface area (Å²) >= 11 is 1.38. The average Bonchev–Trinajstić information content (AvgIpc) is 3.12. The van der Waals surface area contributed by atoms with E-state index in [1.165, 1.54) is 11.3 Å². The third-order valence-corrected chi connectivity index (χ3v) is 3.88. The van der Waals surface area contributed by atoms with Gasteiger partial charge in [0.15, 0.2) is 11.0 Å². The van der Waals surface area contributed by atoms with Crippen molar-refractivity contribution in [1.29, 1.82) is 0 Å². The van der Waals surface area contributed by atoms with Crippen LogP contribution in [0.1, 0.15) is 18.6 Å². The summed E-state index contributed by atoms with van der Waals surface area (Å²) in [5.41, 5.74) is 0.806. The summed E-state index contributed by atoms with van der Waals surface area (Å²) in [5.74, 6) is 1.35.